The summed E-state index contributed by atoms with van der Waals surface area (Å²) in [6.07, 6.45) is 0. The highest BCUT2D eigenvalue weighted by Gasteiger charge is 2.05. The van der Waals surface area contributed by atoms with Gasteiger partial charge in [-0.15, -0.1) is 0 Å². The maximum Gasteiger partial charge on any atom is 0.126 e. The minimum absolute atomic E-state index is 0.191. The van der Waals surface area contributed by atoms with Crippen molar-refractivity contribution in [3.05, 3.63) is 23.2 Å². The summed E-state index contributed by atoms with van der Waals surface area (Å²) in [7, 11) is -1.16. The van der Waals surface area contributed by atoms with Gasteiger partial charge in [-0.1, -0.05) is 11.6 Å². The van der Waals surface area contributed by atoms with Gasteiger partial charge in [0.15, 0.2) is 0 Å². The predicted molar refractivity (Wildman–Crippen MR) is 58.8 cm³/mol. The summed E-state index contributed by atoms with van der Waals surface area (Å²) in [5.74, 6) is 0.191. The molecule has 5 heteroatoms. The summed E-state index contributed by atoms with van der Waals surface area (Å²) in [6.45, 7) is 2.40. The Hall–Kier alpha value is -0.580. The summed E-state index contributed by atoms with van der Waals surface area (Å²) in [5.41, 5.74) is 6.02. The molecule has 0 amide bonds. The number of ether oxygens (including phenoxy) is 1. The molecule has 0 saturated carbocycles. The maximum absolute atomic E-state index is 11.6. The van der Waals surface area contributed by atoms with Crippen molar-refractivity contribution in [3.63, 3.8) is 0 Å². The van der Waals surface area contributed by atoms with Gasteiger partial charge in [-0.05, 0) is 25.1 Å². The molecule has 0 aliphatic carbocycles. The lowest BCUT2D eigenvalue weighted by molar-refractivity contribution is 0.196. The summed E-state index contributed by atoms with van der Waals surface area (Å²) in [6, 6.07) is 4.93. The highest BCUT2D eigenvalue weighted by molar-refractivity contribution is 7.84. The van der Waals surface area contributed by atoms with Crippen molar-refractivity contribution in [2.45, 2.75) is 11.8 Å². The van der Waals surface area contributed by atoms with Crippen LogP contribution in [0, 0.1) is 0 Å². The quantitative estimate of drug-likeness (QED) is 0.810. The summed E-state index contributed by atoms with van der Waals surface area (Å²) < 4.78 is 16.6. The molecule has 0 saturated heterocycles. The molecule has 0 heterocycles. The predicted octanol–water partition coefficient (Wildman–Crippen LogP) is 2.02. The molecule has 0 bridgehead atoms. The van der Waals surface area contributed by atoms with Crippen molar-refractivity contribution in [2.24, 2.45) is 0 Å². The maximum atomic E-state index is 11.6. The largest absolute Gasteiger partial charge is 0.398 e. The topological polar surface area (TPSA) is 52.3 Å². The summed E-state index contributed by atoms with van der Waals surface area (Å²) in [5, 5.41) is 0.423. The molecule has 1 atom stereocenters. The van der Waals surface area contributed by atoms with Gasteiger partial charge in [0.2, 0.25) is 0 Å². The van der Waals surface area contributed by atoms with Crippen molar-refractivity contribution in [3.8, 4) is 0 Å². The first kappa shape index (κ1) is 11.5. The smallest absolute Gasteiger partial charge is 0.126 e. The zero-order valence-corrected chi connectivity index (χ0v) is 9.40. The number of hydrogen-bond donors (Lipinski definition) is 1. The van der Waals surface area contributed by atoms with Crippen molar-refractivity contribution in [2.75, 3.05) is 18.3 Å². The number of halogens is 1. The Morgan fingerprint density at radius 2 is 2.29 bits per heavy atom. The van der Waals surface area contributed by atoms with E-state index in [2.05, 4.69) is 0 Å². The van der Waals surface area contributed by atoms with E-state index in [9.17, 15) is 4.21 Å². The average Bonchev–Trinajstić information content (AvgIpc) is 2.18. The van der Waals surface area contributed by atoms with Crippen LogP contribution < -0.4 is 5.73 Å². The fourth-order valence-corrected chi connectivity index (χ4v) is 2.05. The van der Waals surface area contributed by atoms with E-state index in [1.54, 1.807) is 18.2 Å². The number of benzene rings is 1. The molecule has 0 fully saturated rings. The van der Waals surface area contributed by atoms with Gasteiger partial charge in [-0.2, -0.15) is 0 Å². The lowest BCUT2D eigenvalue weighted by Gasteiger charge is -2.04. The van der Waals surface area contributed by atoms with Crippen LogP contribution in [0.15, 0.2) is 23.1 Å². The van der Waals surface area contributed by atoms with E-state index < -0.39 is 10.8 Å². The van der Waals surface area contributed by atoms with Gasteiger partial charge in [0.05, 0.1) is 21.5 Å². The average molecular weight is 234 g/mol. The van der Waals surface area contributed by atoms with E-state index >= 15 is 0 Å². The third-order valence-corrected chi connectivity index (χ3v) is 3.12. The van der Waals surface area contributed by atoms with Crippen LogP contribution in [-0.4, -0.2) is 16.8 Å². The molecule has 0 aliphatic rings. The Morgan fingerprint density at radius 3 is 2.86 bits per heavy atom. The van der Waals surface area contributed by atoms with Crippen molar-refractivity contribution < 1.29 is 8.95 Å². The number of hydrogen-bond acceptors (Lipinski definition) is 3. The van der Waals surface area contributed by atoms with E-state index in [-0.39, 0.29) is 5.94 Å². The second-order valence-electron chi connectivity index (χ2n) is 2.64. The Labute approximate surface area is 90.7 Å². The van der Waals surface area contributed by atoms with Crippen LogP contribution in [0.4, 0.5) is 5.69 Å². The van der Waals surface area contributed by atoms with Gasteiger partial charge in [0.25, 0.3) is 0 Å². The van der Waals surface area contributed by atoms with Crippen LogP contribution >= 0.6 is 11.6 Å². The molecule has 2 N–H and O–H groups in total. The van der Waals surface area contributed by atoms with Gasteiger partial charge in [-0.25, -0.2) is 0 Å². The molecule has 0 aliphatic heterocycles. The van der Waals surface area contributed by atoms with Crippen LogP contribution in [0.1, 0.15) is 6.92 Å². The van der Waals surface area contributed by atoms with E-state index in [1.165, 1.54) is 0 Å². The lowest BCUT2D eigenvalue weighted by atomic mass is 10.3. The Bertz CT molecular complexity index is 344. The van der Waals surface area contributed by atoms with Gasteiger partial charge in [-0.3, -0.25) is 4.21 Å². The number of nitrogens with two attached hydrogens (primary N) is 1. The van der Waals surface area contributed by atoms with Gasteiger partial charge in [0.1, 0.15) is 5.94 Å². The first-order chi connectivity index (χ1) is 6.65. The van der Waals surface area contributed by atoms with E-state index in [0.717, 1.165) is 0 Å². The minimum atomic E-state index is -1.16. The molecule has 1 unspecified atom stereocenters. The molecule has 1 aromatic carbocycles. The third kappa shape index (κ3) is 2.97. The second-order valence-corrected chi connectivity index (χ2v) is 4.44. The zero-order chi connectivity index (χ0) is 10.6. The molecule has 0 radical (unpaired) electrons. The normalized spacial score (nSPS) is 12.7. The molecule has 3 nitrogen and oxygen atoms in total. The van der Waals surface area contributed by atoms with E-state index in [0.29, 0.717) is 22.2 Å². The first-order valence-electron chi connectivity index (χ1n) is 4.16. The van der Waals surface area contributed by atoms with E-state index in [4.69, 9.17) is 22.1 Å². The van der Waals surface area contributed by atoms with Crippen LogP contribution in [0.3, 0.4) is 0 Å². The van der Waals surface area contributed by atoms with Crippen LogP contribution in [0.2, 0.25) is 5.02 Å². The molecule has 1 aromatic rings. The molecular formula is C9H12ClNO2S. The Kier molecular flexibility index (Phi) is 4.38. The van der Waals surface area contributed by atoms with Crippen LogP contribution in [-0.2, 0) is 15.5 Å². The Balaban J connectivity index is 2.76. The van der Waals surface area contributed by atoms with Gasteiger partial charge >= 0.3 is 0 Å². The molecule has 1 rings (SSSR count). The molecule has 14 heavy (non-hydrogen) atoms. The first-order valence-corrected chi connectivity index (χ1v) is 5.86. The standard InChI is InChI=1S/C9H12ClNO2S/c1-2-13-6-14(12)7-3-4-9(11)8(10)5-7/h3-5H,2,6,11H2,1H3. The van der Waals surface area contributed by atoms with Crippen LogP contribution in [0.5, 0.6) is 0 Å². The molecule has 0 spiro atoms. The molecular weight excluding hydrogens is 222 g/mol. The lowest BCUT2D eigenvalue weighted by Crippen LogP contribution is -2.02. The van der Waals surface area contributed by atoms with Crippen molar-refractivity contribution >= 4 is 28.1 Å². The van der Waals surface area contributed by atoms with E-state index in [1.807, 2.05) is 6.92 Å². The second kappa shape index (κ2) is 5.34. The number of nitrogen functional groups attached to an aromatic ring is 1. The van der Waals surface area contributed by atoms with Crippen molar-refractivity contribution in [1.29, 1.82) is 0 Å². The minimum Gasteiger partial charge on any atom is -0.398 e. The monoisotopic (exact) mass is 233 g/mol. The zero-order valence-electron chi connectivity index (χ0n) is 7.83. The molecule has 78 valence electrons. The SMILES string of the molecule is CCOCS(=O)c1ccc(N)c(Cl)c1. The number of anilines is 1. The summed E-state index contributed by atoms with van der Waals surface area (Å²) in [4.78, 5) is 0.637. The van der Waals surface area contributed by atoms with Crippen molar-refractivity contribution in [1.82, 2.24) is 0 Å². The molecule has 0 aromatic heterocycles. The highest BCUT2D eigenvalue weighted by atomic mass is 35.5. The third-order valence-electron chi connectivity index (χ3n) is 1.63. The summed E-state index contributed by atoms with van der Waals surface area (Å²) >= 11 is 5.79. The highest BCUT2D eigenvalue weighted by Crippen LogP contribution is 2.21. The number of rotatable bonds is 4. The van der Waals surface area contributed by atoms with Gasteiger partial charge in [0, 0.05) is 11.5 Å². The fourth-order valence-electron chi connectivity index (χ4n) is 0.877. The fraction of sp³-hybridized carbons (Fsp3) is 0.333. The van der Waals surface area contributed by atoms with Gasteiger partial charge < -0.3 is 10.5 Å². The Morgan fingerprint density at radius 1 is 1.57 bits per heavy atom. The van der Waals surface area contributed by atoms with Crippen LogP contribution in [0.25, 0.3) is 0 Å².